The molecule has 0 unspecified atom stereocenters. The second-order valence-electron chi connectivity index (χ2n) is 3.53. The lowest BCUT2D eigenvalue weighted by Gasteiger charge is -2.06. The Morgan fingerprint density at radius 1 is 1.11 bits per heavy atom. The smallest absolute Gasteiger partial charge is 0.228 e. The minimum atomic E-state index is -0.279. The lowest BCUT2D eigenvalue weighted by Crippen LogP contribution is -2.01. The van der Waals surface area contributed by atoms with Crippen molar-refractivity contribution in [3.8, 4) is 11.5 Å². The van der Waals surface area contributed by atoms with E-state index in [0.717, 1.165) is 0 Å². The van der Waals surface area contributed by atoms with Gasteiger partial charge in [-0.25, -0.2) is 0 Å². The lowest BCUT2D eigenvalue weighted by atomic mass is 10.1. The maximum Gasteiger partial charge on any atom is 0.228 e. The molecule has 0 aliphatic rings. The van der Waals surface area contributed by atoms with Crippen LogP contribution in [0.3, 0.4) is 0 Å². The number of carbonyl (C=O) groups is 1. The van der Waals surface area contributed by atoms with Gasteiger partial charge in [0.2, 0.25) is 5.78 Å². The molecule has 5 heteroatoms. The van der Waals surface area contributed by atoms with Crippen molar-refractivity contribution in [2.75, 3.05) is 14.2 Å². The average Bonchev–Trinajstić information content (AvgIpc) is 2.83. The van der Waals surface area contributed by atoms with E-state index in [1.54, 1.807) is 18.2 Å². The quantitative estimate of drug-likeness (QED) is 0.798. The number of carbonyl (C=O) groups excluding carboxylic acids is 1. The van der Waals surface area contributed by atoms with Crippen molar-refractivity contribution >= 4 is 17.4 Å². The van der Waals surface area contributed by atoms with Gasteiger partial charge in [-0.3, -0.25) is 4.79 Å². The minimum Gasteiger partial charge on any atom is -0.497 e. The van der Waals surface area contributed by atoms with Gasteiger partial charge in [0, 0.05) is 11.6 Å². The van der Waals surface area contributed by atoms with Crippen LogP contribution in [0.4, 0.5) is 0 Å². The summed E-state index contributed by atoms with van der Waals surface area (Å²) in [6, 6.07) is 7.96. The average molecular weight is 267 g/mol. The molecule has 94 valence electrons. The highest BCUT2D eigenvalue weighted by atomic mass is 35.5. The van der Waals surface area contributed by atoms with Crippen LogP contribution in [0.15, 0.2) is 34.7 Å². The molecule has 0 aliphatic carbocycles. The minimum absolute atomic E-state index is 0.174. The van der Waals surface area contributed by atoms with Crippen LogP contribution in [0.2, 0.25) is 5.22 Å². The Morgan fingerprint density at radius 3 is 2.17 bits per heavy atom. The SMILES string of the molecule is COc1cc(OC)cc(C(=O)c2ccc(Cl)o2)c1. The van der Waals surface area contributed by atoms with Crippen molar-refractivity contribution in [3.63, 3.8) is 0 Å². The van der Waals surface area contributed by atoms with Crippen LogP contribution in [-0.4, -0.2) is 20.0 Å². The van der Waals surface area contributed by atoms with Crippen LogP contribution in [0, 0.1) is 0 Å². The molecule has 18 heavy (non-hydrogen) atoms. The fourth-order valence-electron chi connectivity index (χ4n) is 1.52. The number of methoxy groups -OCH3 is 2. The zero-order valence-electron chi connectivity index (χ0n) is 9.90. The van der Waals surface area contributed by atoms with Gasteiger partial charge in [-0.1, -0.05) is 0 Å². The Hall–Kier alpha value is -1.94. The van der Waals surface area contributed by atoms with E-state index in [1.165, 1.54) is 26.4 Å². The van der Waals surface area contributed by atoms with Crippen molar-refractivity contribution in [2.45, 2.75) is 0 Å². The van der Waals surface area contributed by atoms with Crippen LogP contribution < -0.4 is 9.47 Å². The van der Waals surface area contributed by atoms with Crippen molar-refractivity contribution < 1.29 is 18.7 Å². The fourth-order valence-corrected chi connectivity index (χ4v) is 1.66. The van der Waals surface area contributed by atoms with E-state index in [9.17, 15) is 4.79 Å². The van der Waals surface area contributed by atoms with Crippen molar-refractivity contribution in [3.05, 3.63) is 46.9 Å². The Kier molecular flexibility index (Phi) is 3.58. The highest BCUT2D eigenvalue weighted by molar-refractivity contribution is 6.29. The molecule has 1 aromatic heterocycles. The van der Waals surface area contributed by atoms with E-state index in [2.05, 4.69) is 0 Å². The number of furan rings is 1. The summed E-state index contributed by atoms with van der Waals surface area (Å²) < 4.78 is 15.3. The van der Waals surface area contributed by atoms with Gasteiger partial charge in [0.1, 0.15) is 11.5 Å². The first-order valence-electron chi connectivity index (χ1n) is 5.17. The molecule has 0 aliphatic heterocycles. The van der Waals surface area contributed by atoms with Crippen molar-refractivity contribution in [1.82, 2.24) is 0 Å². The van der Waals surface area contributed by atoms with Gasteiger partial charge in [-0.15, -0.1) is 0 Å². The Balaban J connectivity index is 2.40. The first kappa shape index (κ1) is 12.5. The molecular formula is C13H11ClO4. The molecule has 2 rings (SSSR count). The number of hydrogen-bond acceptors (Lipinski definition) is 4. The van der Waals surface area contributed by atoms with Crippen LogP contribution >= 0.6 is 11.6 Å². The summed E-state index contributed by atoms with van der Waals surface area (Å²) in [5.74, 6) is 0.972. The first-order chi connectivity index (χ1) is 8.63. The summed E-state index contributed by atoms with van der Waals surface area (Å²) in [5.41, 5.74) is 0.414. The van der Waals surface area contributed by atoms with E-state index in [0.29, 0.717) is 17.1 Å². The van der Waals surface area contributed by atoms with Gasteiger partial charge in [0.05, 0.1) is 14.2 Å². The van der Waals surface area contributed by atoms with Gasteiger partial charge in [0.25, 0.3) is 0 Å². The van der Waals surface area contributed by atoms with Gasteiger partial charge < -0.3 is 13.9 Å². The molecular weight excluding hydrogens is 256 g/mol. The molecule has 0 spiro atoms. The fraction of sp³-hybridized carbons (Fsp3) is 0.154. The molecule has 0 amide bonds. The first-order valence-corrected chi connectivity index (χ1v) is 5.55. The molecule has 2 aromatic rings. The van der Waals surface area contributed by atoms with Gasteiger partial charge in [-0.2, -0.15) is 0 Å². The van der Waals surface area contributed by atoms with Crippen molar-refractivity contribution in [1.29, 1.82) is 0 Å². The third-order valence-corrected chi connectivity index (χ3v) is 2.61. The number of benzene rings is 1. The number of rotatable bonds is 4. The van der Waals surface area contributed by atoms with E-state index in [1.807, 2.05) is 0 Å². The molecule has 0 saturated carbocycles. The Bertz CT molecular complexity index is 552. The summed E-state index contributed by atoms with van der Waals surface area (Å²) in [6.07, 6.45) is 0. The lowest BCUT2D eigenvalue weighted by molar-refractivity contribution is 0.101. The maximum atomic E-state index is 12.1. The second kappa shape index (κ2) is 5.14. The Morgan fingerprint density at radius 2 is 1.72 bits per heavy atom. The molecule has 4 nitrogen and oxygen atoms in total. The highest BCUT2D eigenvalue weighted by Crippen LogP contribution is 2.25. The predicted octanol–water partition coefficient (Wildman–Crippen LogP) is 3.18. The normalized spacial score (nSPS) is 10.2. The summed E-state index contributed by atoms with van der Waals surface area (Å²) in [7, 11) is 3.04. The topological polar surface area (TPSA) is 48.7 Å². The van der Waals surface area contributed by atoms with Crippen LogP contribution in [0.25, 0.3) is 0 Å². The van der Waals surface area contributed by atoms with Crippen LogP contribution in [0.5, 0.6) is 11.5 Å². The molecule has 0 saturated heterocycles. The van der Waals surface area contributed by atoms with Gasteiger partial charge in [-0.05, 0) is 35.9 Å². The molecule has 1 aromatic carbocycles. The highest BCUT2D eigenvalue weighted by Gasteiger charge is 2.15. The van der Waals surface area contributed by atoms with E-state index < -0.39 is 0 Å². The van der Waals surface area contributed by atoms with E-state index >= 15 is 0 Å². The third kappa shape index (κ3) is 2.49. The molecule has 0 fully saturated rings. The van der Waals surface area contributed by atoms with Gasteiger partial charge in [0.15, 0.2) is 11.0 Å². The maximum absolute atomic E-state index is 12.1. The monoisotopic (exact) mass is 266 g/mol. The third-order valence-electron chi connectivity index (χ3n) is 2.41. The predicted molar refractivity (Wildman–Crippen MR) is 66.7 cm³/mol. The second-order valence-corrected chi connectivity index (χ2v) is 3.91. The zero-order valence-corrected chi connectivity index (χ0v) is 10.7. The summed E-state index contributed by atoms with van der Waals surface area (Å²) in [6.45, 7) is 0. The summed E-state index contributed by atoms with van der Waals surface area (Å²) in [5, 5.41) is 0.174. The van der Waals surface area contributed by atoms with Crippen molar-refractivity contribution in [2.24, 2.45) is 0 Å². The number of hydrogen-bond donors (Lipinski definition) is 0. The molecule has 0 N–H and O–H groups in total. The molecule has 0 radical (unpaired) electrons. The Labute approximate surface area is 109 Å². The largest absolute Gasteiger partial charge is 0.497 e. The molecule has 0 atom stereocenters. The van der Waals surface area contributed by atoms with E-state index in [-0.39, 0.29) is 16.8 Å². The van der Waals surface area contributed by atoms with Crippen LogP contribution in [-0.2, 0) is 0 Å². The molecule has 0 bridgehead atoms. The number of ketones is 1. The standard InChI is InChI=1S/C13H11ClO4/c1-16-9-5-8(6-10(7-9)17-2)13(15)11-3-4-12(14)18-11/h3-7H,1-2H3. The van der Waals surface area contributed by atoms with E-state index in [4.69, 9.17) is 25.5 Å². The van der Waals surface area contributed by atoms with Crippen LogP contribution in [0.1, 0.15) is 16.1 Å². The molecule has 1 heterocycles. The summed E-state index contributed by atoms with van der Waals surface area (Å²) >= 11 is 5.64. The summed E-state index contributed by atoms with van der Waals surface area (Å²) in [4.78, 5) is 12.1. The van der Waals surface area contributed by atoms with Gasteiger partial charge >= 0.3 is 0 Å². The number of halogens is 1. The number of ether oxygens (including phenoxy) is 2. The zero-order chi connectivity index (χ0) is 13.1.